The van der Waals surface area contributed by atoms with E-state index in [4.69, 9.17) is 0 Å². The zero-order valence-corrected chi connectivity index (χ0v) is 16.8. The Hall–Kier alpha value is -0.950. The van der Waals surface area contributed by atoms with Crippen molar-refractivity contribution in [2.45, 2.75) is 77.2 Å². The molecule has 2 heteroatoms. The monoisotopic (exact) mass is 345 g/mol. The van der Waals surface area contributed by atoms with E-state index in [0.717, 1.165) is 43.0 Å². The Morgan fingerprint density at radius 2 is 1.96 bits per heavy atom. The molecule has 1 aromatic rings. The molecule has 0 aliphatic carbocycles. The molecular formula is C22H35NS. The lowest BCUT2D eigenvalue weighted by atomic mass is 10.0. The average molecular weight is 346 g/mol. The number of aryl methyl sites for hydroxylation is 2. The highest BCUT2D eigenvalue weighted by Crippen LogP contribution is 2.17. The molecule has 1 rings (SSSR count). The predicted octanol–water partition coefficient (Wildman–Crippen LogP) is 6.12. The molecule has 0 spiro atoms. The van der Waals surface area contributed by atoms with Crippen molar-refractivity contribution < 1.29 is 0 Å². The van der Waals surface area contributed by atoms with E-state index < -0.39 is 0 Å². The summed E-state index contributed by atoms with van der Waals surface area (Å²) in [6.45, 7) is 10.0. The lowest BCUT2D eigenvalue weighted by Crippen LogP contribution is -2.30. The third-order valence-electron chi connectivity index (χ3n) is 4.65. The molecule has 0 fully saturated rings. The second kappa shape index (κ2) is 12.4. The number of hydrogen-bond acceptors (Lipinski definition) is 2. The van der Waals surface area contributed by atoms with Gasteiger partial charge in [-0.1, -0.05) is 44.4 Å². The molecule has 0 aliphatic heterocycles. The molecule has 1 aromatic carbocycles. The van der Waals surface area contributed by atoms with Gasteiger partial charge >= 0.3 is 0 Å². The molecule has 1 nitrogen and oxygen atoms in total. The first-order chi connectivity index (χ1) is 11.6. The quantitative estimate of drug-likeness (QED) is 0.279. The van der Waals surface area contributed by atoms with Gasteiger partial charge in [0.1, 0.15) is 0 Å². The number of unbranched alkanes of at least 4 members (excludes halogenated alkanes) is 1. The summed E-state index contributed by atoms with van der Waals surface area (Å²) < 4.78 is 0. The summed E-state index contributed by atoms with van der Waals surface area (Å²) in [4.78, 5) is 1.12. The van der Waals surface area contributed by atoms with Crippen LogP contribution in [0.4, 0.5) is 0 Å². The van der Waals surface area contributed by atoms with Crippen LogP contribution in [0.25, 0.3) is 0 Å². The molecule has 24 heavy (non-hydrogen) atoms. The van der Waals surface area contributed by atoms with E-state index in [0.29, 0.717) is 6.04 Å². The van der Waals surface area contributed by atoms with Crippen LogP contribution < -0.4 is 5.32 Å². The van der Waals surface area contributed by atoms with Crippen LogP contribution in [-0.2, 0) is 6.42 Å². The molecule has 0 saturated carbocycles. The fraction of sp³-hybridized carbons (Fsp3) is 0.591. The Morgan fingerprint density at radius 3 is 2.62 bits per heavy atom. The summed E-state index contributed by atoms with van der Waals surface area (Å²) in [5, 5.41) is 3.63. The van der Waals surface area contributed by atoms with E-state index in [1.165, 1.54) is 24.0 Å². The Bertz CT molecular complexity index is 525. The molecule has 0 aliphatic rings. The van der Waals surface area contributed by atoms with Crippen molar-refractivity contribution in [2.75, 3.05) is 6.54 Å². The van der Waals surface area contributed by atoms with Crippen LogP contribution in [0, 0.1) is 12.8 Å². The van der Waals surface area contributed by atoms with Gasteiger partial charge in [0, 0.05) is 10.9 Å². The van der Waals surface area contributed by atoms with Gasteiger partial charge in [-0.05, 0) is 75.8 Å². The Morgan fingerprint density at radius 1 is 1.21 bits per heavy atom. The zero-order chi connectivity index (χ0) is 17.8. The Labute approximate surface area is 155 Å². The molecular weight excluding hydrogens is 310 g/mol. The average Bonchev–Trinajstić information content (AvgIpc) is 2.56. The van der Waals surface area contributed by atoms with E-state index >= 15 is 0 Å². The van der Waals surface area contributed by atoms with Crippen molar-refractivity contribution in [3.05, 3.63) is 47.2 Å². The van der Waals surface area contributed by atoms with Gasteiger partial charge in [0.05, 0.1) is 0 Å². The van der Waals surface area contributed by atoms with Gasteiger partial charge in [-0.25, -0.2) is 0 Å². The van der Waals surface area contributed by atoms with Gasteiger partial charge in [-0.2, -0.15) is 0 Å². The minimum Gasteiger partial charge on any atom is -0.314 e. The molecule has 0 amide bonds. The van der Waals surface area contributed by atoms with E-state index in [2.05, 4.69) is 81.7 Å². The van der Waals surface area contributed by atoms with Crippen LogP contribution in [0.2, 0.25) is 0 Å². The van der Waals surface area contributed by atoms with Crippen molar-refractivity contribution in [1.29, 1.82) is 0 Å². The minimum absolute atomic E-state index is 0.533. The lowest BCUT2D eigenvalue weighted by Gasteiger charge is -2.17. The number of thiol groups is 1. The number of rotatable bonds is 11. The molecule has 0 bridgehead atoms. The van der Waals surface area contributed by atoms with Crippen LogP contribution >= 0.6 is 12.6 Å². The van der Waals surface area contributed by atoms with E-state index in [9.17, 15) is 0 Å². The summed E-state index contributed by atoms with van der Waals surface area (Å²) in [5.74, 6) is 0.811. The molecule has 0 aromatic heterocycles. The van der Waals surface area contributed by atoms with Crippen molar-refractivity contribution in [3.8, 4) is 0 Å². The molecule has 0 saturated heterocycles. The maximum absolute atomic E-state index is 4.56. The highest BCUT2D eigenvalue weighted by molar-refractivity contribution is 7.80. The highest BCUT2D eigenvalue weighted by atomic mass is 32.1. The molecule has 1 atom stereocenters. The van der Waals surface area contributed by atoms with E-state index in [1.807, 2.05) is 0 Å². The van der Waals surface area contributed by atoms with Gasteiger partial charge in [0.25, 0.3) is 0 Å². The maximum Gasteiger partial charge on any atom is 0.00794 e. The lowest BCUT2D eigenvalue weighted by molar-refractivity contribution is 0.418. The second-order valence-electron chi connectivity index (χ2n) is 6.83. The normalized spacial score (nSPS) is 12.1. The summed E-state index contributed by atoms with van der Waals surface area (Å²) in [7, 11) is 0. The minimum atomic E-state index is 0.533. The first-order valence-electron chi connectivity index (χ1n) is 9.48. The predicted molar refractivity (Wildman–Crippen MR) is 110 cm³/mol. The number of hydrogen-bond donors (Lipinski definition) is 2. The number of benzene rings is 1. The van der Waals surface area contributed by atoms with Crippen LogP contribution in [0.3, 0.4) is 0 Å². The molecule has 134 valence electrons. The summed E-state index contributed by atoms with van der Waals surface area (Å²) in [6.07, 6.45) is 11.2. The molecule has 0 radical (unpaired) electrons. The topological polar surface area (TPSA) is 12.0 Å². The largest absolute Gasteiger partial charge is 0.314 e. The Balaban J connectivity index is 2.21. The van der Waals surface area contributed by atoms with E-state index in [-0.39, 0.29) is 0 Å². The third-order valence-corrected chi connectivity index (χ3v) is 5.07. The number of nitrogens with one attached hydrogen (secondary N) is 1. The third kappa shape index (κ3) is 8.78. The first-order valence-corrected chi connectivity index (χ1v) is 9.92. The van der Waals surface area contributed by atoms with Crippen molar-refractivity contribution in [1.82, 2.24) is 5.32 Å². The van der Waals surface area contributed by atoms with Crippen molar-refractivity contribution >= 4 is 12.6 Å². The van der Waals surface area contributed by atoms with Crippen LogP contribution in [0.15, 0.2) is 41.0 Å². The zero-order valence-electron chi connectivity index (χ0n) is 15.9. The second-order valence-corrected chi connectivity index (χ2v) is 7.31. The van der Waals surface area contributed by atoms with Crippen molar-refractivity contribution in [3.63, 3.8) is 0 Å². The van der Waals surface area contributed by atoms with Crippen molar-refractivity contribution in [2.24, 2.45) is 5.92 Å². The Kier molecular flexibility index (Phi) is 10.9. The van der Waals surface area contributed by atoms with Gasteiger partial charge in [0.2, 0.25) is 0 Å². The van der Waals surface area contributed by atoms with E-state index in [1.54, 1.807) is 0 Å². The first kappa shape index (κ1) is 21.1. The SMILES string of the molecule is CCC(CC)CNC(C)CC=C=CCCCc1ccc(C)cc1S. The van der Waals surface area contributed by atoms with Crippen LogP contribution in [0.1, 0.15) is 64.0 Å². The smallest absolute Gasteiger partial charge is 0.00794 e. The highest BCUT2D eigenvalue weighted by Gasteiger charge is 2.05. The maximum atomic E-state index is 4.56. The summed E-state index contributed by atoms with van der Waals surface area (Å²) >= 11 is 4.56. The fourth-order valence-corrected chi connectivity index (χ4v) is 3.11. The van der Waals surface area contributed by atoms with Crippen LogP contribution in [0.5, 0.6) is 0 Å². The van der Waals surface area contributed by atoms with Crippen LogP contribution in [-0.4, -0.2) is 12.6 Å². The molecule has 1 unspecified atom stereocenters. The molecule has 0 heterocycles. The van der Waals surface area contributed by atoms with Gasteiger partial charge in [0.15, 0.2) is 0 Å². The van der Waals surface area contributed by atoms with Gasteiger partial charge < -0.3 is 5.32 Å². The van der Waals surface area contributed by atoms with Gasteiger partial charge in [-0.3, -0.25) is 0 Å². The summed E-state index contributed by atoms with van der Waals surface area (Å²) in [6, 6.07) is 7.04. The summed E-state index contributed by atoms with van der Waals surface area (Å²) in [5.41, 5.74) is 5.96. The fourth-order valence-electron chi connectivity index (χ4n) is 2.72. The molecule has 1 N–H and O–H groups in total. The van der Waals surface area contributed by atoms with Gasteiger partial charge in [-0.15, -0.1) is 18.4 Å². The standard InChI is InChI=1S/C22H35NS/c1-5-20(6-2)17-23-19(4)12-10-8-7-9-11-13-21-15-14-18(3)16-22(21)24/h7,10,14-16,19-20,23-24H,5-6,9,11-13,17H2,1-4H3.